The van der Waals surface area contributed by atoms with Crippen LogP contribution in [0.1, 0.15) is 38.2 Å². The molecule has 2 amide bonds. The van der Waals surface area contributed by atoms with Gasteiger partial charge in [0.1, 0.15) is 0 Å². The molecule has 0 unspecified atom stereocenters. The average molecular weight is 288 g/mol. The molecule has 21 heavy (non-hydrogen) atoms. The maximum absolute atomic E-state index is 12.2. The zero-order valence-electron chi connectivity index (χ0n) is 13.0. The molecule has 4 nitrogen and oxygen atoms in total. The van der Waals surface area contributed by atoms with Gasteiger partial charge in [0.25, 0.3) is 0 Å². The highest BCUT2D eigenvalue weighted by molar-refractivity contribution is 5.92. The van der Waals surface area contributed by atoms with Crippen LogP contribution in [0.3, 0.4) is 0 Å². The van der Waals surface area contributed by atoms with Gasteiger partial charge in [-0.15, -0.1) is 0 Å². The quantitative estimate of drug-likeness (QED) is 0.854. The Bertz CT molecular complexity index is 507. The van der Waals surface area contributed by atoms with Gasteiger partial charge in [0.15, 0.2) is 0 Å². The van der Waals surface area contributed by atoms with E-state index < -0.39 is 0 Å². The Morgan fingerprint density at radius 2 is 1.90 bits per heavy atom. The maximum atomic E-state index is 12.2. The van der Waals surface area contributed by atoms with E-state index in [9.17, 15) is 9.59 Å². The SMILES string of the molecule is CC(=O)N(CCC(=O)N1CCCCC1)c1cccc(C)c1. The van der Waals surface area contributed by atoms with Crippen molar-refractivity contribution in [3.05, 3.63) is 29.8 Å². The van der Waals surface area contributed by atoms with Crippen LogP contribution in [-0.2, 0) is 9.59 Å². The van der Waals surface area contributed by atoms with Crippen molar-refractivity contribution >= 4 is 17.5 Å². The second kappa shape index (κ2) is 7.25. The van der Waals surface area contributed by atoms with Crippen molar-refractivity contribution in [3.8, 4) is 0 Å². The number of carbonyl (C=O) groups is 2. The standard InChI is InChI=1S/C17H24N2O2/c1-14-7-6-8-16(13-14)19(15(2)20)12-9-17(21)18-10-4-3-5-11-18/h6-8,13H,3-5,9-12H2,1-2H3. The van der Waals surface area contributed by atoms with E-state index in [0.29, 0.717) is 13.0 Å². The number of aryl methyl sites for hydroxylation is 1. The molecule has 1 fully saturated rings. The topological polar surface area (TPSA) is 40.6 Å². The highest BCUT2D eigenvalue weighted by atomic mass is 16.2. The summed E-state index contributed by atoms with van der Waals surface area (Å²) in [5.74, 6) is 0.139. The molecule has 0 N–H and O–H groups in total. The summed E-state index contributed by atoms with van der Waals surface area (Å²) in [7, 11) is 0. The first-order chi connectivity index (χ1) is 10.1. The Kier molecular flexibility index (Phi) is 5.37. The van der Waals surface area contributed by atoms with Crippen LogP contribution in [-0.4, -0.2) is 36.3 Å². The lowest BCUT2D eigenvalue weighted by atomic mass is 10.1. The molecule has 0 bridgehead atoms. The molecule has 1 aliphatic heterocycles. The lowest BCUT2D eigenvalue weighted by molar-refractivity contribution is -0.131. The summed E-state index contributed by atoms with van der Waals surface area (Å²) in [6, 6.07) is 7.83. The fourth-order valence-electron chi connectivity index (χ4n) is 2.77. The van der Waals surface area contributed by atoms with Crippen LogP contribution in [0, 0.1) is 6.92 Å². The molecule has 0 saturated carbocycles. The molecular formula is C17H24N2O2. The van der Waals surface area contributed by atoms with Gasteiger partial charge in [-0.2, -0.15) is 0 Å². The first-order valence-electron chi connectivity index (χ1n) is 7.70. The molecule has 0 atom stereocenters. The van der Waals surface area contributed by atoms with Gasteiger partial charge < -0.3 is 9.80 Å². The minimum Gasteiger partial charge on any atom is -0.343 e. The Hall–Kier alpha value is -1.84. The summed E-state index contributed by atoms with van der Waals surface area (Å²) in [6.45, 7) is 5.73. The smallest absolute Gasteiger partial charge is 0.224 e. The molecule has 1 aromatic carbocycles. The number of anilines is 1. The number of nitrogens with zero attached hydrogens (tertiary/aromatic N) is 2. The number of likely N-dealkylation sites (tertiary alicyclic amines) is 1. The van der Waals surface area contributed by atoms with Gasteiger partial charge in [-0.25, -0.2) is 0 Å². The molecule has 0 aromatic heterocycles. The van der Waals surface area contributed by atoms with Gasteiger partial charge >= 0.3 is 0 Å². The zero-order valence-corrected chi connectivity index (χ0v) is 13.0. The van der Waals surface area contributed by atoms with Crippen LogP contribution < -0.4 is 4.90 Å². The number of hydrogen-bond donors (Lipinski definition) is 0. The average Bonchev–Trinajstić information content (AvgIpc) is 2.48. The summed E-state index contributed by atoms with van der Waals surface area (Å²) < 4.78 is 0. The number of piperidine rings is 1. The number of benzene rings is 1. The monoisotopic (exact) mass is 288 g/mol. The van der Waals surface area contributed by atoms with Crippen molar-refractivity contribution < 1.29 is 9.59 Å². The van der Waals surface area contributed by atoms with Crippen LogP contribution in [0.15, 0.2) is 24.3 Å². The van der Waals surface area contributed by atoms with E-state index in [0.717, 1.165) is 37.2 Å². The normalized spacial score (nSPS) is 14.9. The maximum Gasteiger partial charge on any atom is 0.224 e. The third-order valence-corrected chi connectivity index (χ3v) is 3.95. The first-order valence-corrected chi connectivity index (χ1v) is 7.70. The van der Waals surface area contributed by atoms with Crippen molar-refractivity contribution in [2.24, 2.45) is 0 Å². The van der Waals surface area contributed by atoms with Crippen molar-refractivity contribution in [2.75, 3.05) is 24.5 Å². The summed E-state index contributed by atoms with van der Waals surface area (Å²) in [4.78, 5) is 27.7. The summed E-state index contributed by atoms with van der Waals surface area (Å²) >= 11 is 0. The van der Waals surface area contributed by atoms with E-state index >= 15 is 0 Å². The lowest BCUT2D eigenvalue weighted by Crippen LogP contribution is -2.38. The molecule has 0 spiro atoms. The van der Waals surface area contributed by atoms with Gasteiger partial charge in [0.2, 0.25) is 11.8 Å². The van der Waals surface area contributed by atoms with E-state index in [1.807, 2.05) is 36.1 Å². The first kappa shape index (κ1) is 15.5. The molecule has 114 valence electrons. The molecule has 1 aliphatic rings. The number of carbonyl (C=O) groups excluding carboxylic acids is 2. The minimum atomic E-state index is -0.0213. The zero-order chi connectivity index (χ0) is 15.2. The molecule has 1 aromatic rings. The van der Waals surface area contributed by atoms with E-state index in [1.54, 1.807) is 11.8 Å². The fourth-order valence-corrected chi connectivity index (χ4v) is 2.77. The molecule has 1 saturated heterocycles. The molecule has 0 aliphatic carbocycles. The van der Waals surface area contributed by atoms with Crippen LogP contribution >= 0.6 is 0 Å². The highest BCUT2D eigenvalue weighted by Crippen LogP contribution is 2.17. The third-order valence-electron chi connectivity index (χ3n) is 3.95. The highest BCUT2D eigenvalue weighted by Gasteiger charge is 2.19. The third kappa shape index (κ3) is 4.31. The molecular weight excluding hydrogens is 264 g/mol. The Morgan fingerprint density at radius 3 is 2.52 bits per heavy atom. The Labute approximate surface area is 126 Å². The van der Waals surface area contributed by atoms with Crippen LogP contribution in [0.5, 0.6) is 0 Å². The molecule has 2 rings (SSSR count). The van der Waals surface area contributed by atoms with Gasteiger partial charge in [-0.05, 0) is 43.9 Å². The Balaban J connectivity index is 1.97. The number of rotatable bonds is 4. The number of hydrogen-bond acceptors (Lipinski definition) is 2. The van der Waals surface area contributed by atoms with Crippen LogP contribution in [0.2, 0.25) is 0 Å². The van der Waals surface area contributed by atoms with Crippen molar-refractivity contribution in [1.29, 1.82) is 0 Å². The van der Waals surface area contributed by atoms with E-state index in [4.69, 9.17) is 0 Å². The lowest BCUT2D eigenvalue weighted by Gasteiger charge is -2.28. The molecule has 1 heterocycles. The molecule has 4 heteroatoms. The summed E-state index contributed by atoms with van der Waals surface area (Å²) in [5, 5.41) is 0. The van der Waals surface area contributed by atoms with Gasteiger partial charge in [0.05, 0.1) is 0 Å². The second-order valence-electron chi connectivity index (χ2n) is 5.70. The van der Waals surface area contributed by atoms with Gasteiger partial charge in [0, 0.05) is 38.7 Å². The minimum absolute atomic E-state index is 0.0213. The van der Waals surface area contributed by atoms with Crippen LogP contribution in [0.4, 0.5) is 5.69 Å². The number of amides is 2. The summed E-state index contributed by atoms with van der Waals surface area (Å²) in [6.07, 6.45) is 3.81. The predicted molar refractivity (Wildman–Crippen MR) is 84.3 cm³/mol. The van der Waals surface area contributed by atoms with E-state index in [-0.39, 0.29) is 11.8 Å². The second-order valence-corrected chi connectivity index (χ2v) is 5.70. The predicted octanol–water partition coefficient (Wildman–Crippen LogP) is 2.75. The van der Waals surface area contributed by atoms with Gasteiger partial charge in [-0.3, -0.25) is 9.59 Å². The fraction of sp³-hybridized carbons (Fsp3) is 0.529. The van der Waals surface area contributed by atoms with E-state index in [2.05, 4.69) is 0 Å². The van der Waals surface area contributed by atoms with Crippen molar-refractivity contribution in [2.45, 2.75) is 39.5 Å². The van der Waals surface area contributed by atoms with Gasteiger partial charge in [-0.1, -0.05) is 12.1 Å². The molecule has 0 radical (unpaired) electrons. The van der Waals surface area contributed by atoms with Crippen molar-refractivity contribution in [3.63, 3.8) is 0 Å². The van der Waals surface area contributed by atoms with Crippen LogP contribution in [0.25, 0.3) is 0 Å². The largest absolute Gasteiger partial charge is 0.343 e. The van der Waals surface area contributed by atoms with E-state index in [1.165, 1.54) is 6.42 Å². The van der Waals surface area contributed by atoms with Crippen molar-refractivity contribution in [1.82, 2.24) is 4.90 Å². The summed E-state index contributed by atoms with van der Waals surface area (Å²) in [5.41, 5.74) is 1.98. The Morgan fingerprint density at radius 1 is 1.19 bits per heavy atom.